The summed E-state index contributed by atoms with van der Waals surface area (Å²) in [6, 6.07) is 1.22. The van der Waals surface area contributed by atoms with Gasteiger partial charge in [-0.05, 0) is 31.2 Å². The molecule has 1 fully saturated rings. The van der Waals surface area contributed by atoms with Crippen LogP contribution in [0.25, 0.3) is 0 Å². The summed E-state index contributed by atoms with van der Waals surface area (Å²) in [6.07, 6.45) is 1.61. The molecule has 1 aromatic heterocycles. The van der Waals surface area contributed by atoms with E-state index in [-0.39, 0.29) is 15.2 Å². The smallest absolute Gasteiger partial charge is 0.345 e. The van der Waals surface area contributed by atoms with Crippen molar-refractivity contribution in [2.24, 2.45) is 5.41 Å². The van der Waals surface area contributed by atoms with Gasteiger partial charge in [0.05, 0.1) is 4.90 Å². The van der Waals surface area contributed by atoms with Gasteiger partial charge in [0, 0.05) is 24.6 Å². The number of aromatic carboxylic acids is 1. The number of ether oxygens (including phenoxy) is 1. The van der Waals surface area contributed by atoms with Crippen LogP contribution in [0.15, 0.2) is 11.0 Å². The van der Waals surface area contributed by atoms with E-state index in [4.69, 9.17) is 9.84 Å². The Balaban J connectivity index is 2.13. The first-order valence-electron chi connectivity index (χ1n) is 6.65. The van der Waals surface area contributed by atoms with Crippen molar-refractivity contribution in [1.82, 2.24) is 4.72 Å². The summed E-state index contributed by atoms with van der Waals surface area (Å²) in [5.74, 6) is -1.11. The molecule has 0 radical (unpaired) electrons. The van der Waals surface area contributed by atoms with Crippen LogP contribution in [-0.2, 0) is 14.8 Å². The highest BCUT2D eigenvalue weighted by molar-refractivity contribution is 7.89. The first-order valence-corrected chi connectivity index (χ1v) is 8.95. The van der Waals surface area contributed by atoms with Crippen molar-refractivity contribution in [1.29, 1.82) is 0 Å². The van der Waals surface area contributed by atoms with Crippen molar-refractivity contribution in [2.75, 3.05) is 19.8 Å². The molecular weight excluding hydrogens is 314 g/mol. The van der Waals surface area contributed by atoms with E-state index in [0.717, 1.165) is 24.2 Å². The second-order valence-corrected chi connectivity index (χ2v) is 8.58. The highest BCUT2D eigenvalue weighted by atomic mass is 32.2. The van der Waals surface area contributed by atoms with Gasteiger partial charge in [0.15, 0.2) is 0 Å². The Morgan fingerprint density at radius 3 is 2.62 bits per heavy atom. The van der Waals surface area contributed by atoms with Crippen molar-refractivity contribution < 1.29 is 23.1 Å². The molecule has 21 heavy (non-hydrogen) atoms. The van der Waals surface area contributed by atoms with Crippen LogP contribution in [0.1, 0.15) is 34.3 Å². The van der Waals surface area contributed by atoms with Crippen molar-refractivity contribution in [3.05, 3.63) is 15.8 Å². The molecule has 1 aromatic rings. The van der Waals surface area contributed by atoms with Crippen LogP contribution >= 0.6 is 11.3 Å². The molecule has 0 spiro atoms. The number of carboxylic acids is 1. The Morgan fingerprint density at radius 2 is 2.10 bits per heavy atom. The van der Waals surface area contributed by atoms with Gasteiger partial charge in [-0.3, -0.25) is 0 Å². The van der Waals surface area contributed by atoms with Crippen LogP contribution in [0.4, 0.5) is 0 Å². The van der Waals surface area contributed by atoms with Crippen LogP contribution in [-0.4, -0.2) is 39.3 Å². The van der Waals surface area contributed by atoms with Gasteiger partial charge in [-0.1, -0.05) is 6.92 Å². The number of rotatable bonds is 5. The zero-order valence-corrected chi connectivity index (χ0v) is 13.6. The average Bonchev–Trinajstić information content (AvgIpc) is 2.81. The minimum atomic E-state index is -3.68. The normalized spacial score (nSPS) is 18.6. The maximum absolute atomic E-state index is 12.3. The van der Waals surface area contributed by atoms with Crippen LogP contribution < -0.4 is 4.72 Å². The molecule has 118 valence electrons. The third-order valence-electron chi connectivity index (χ3n) is 3.76. The highest BCUT2D eigenvalue weighted by Gasteiger charge is 2.30. The lowest BCUT2D eigenvalue weighted by molar-refractivity contribution is 0.0264. The molecule has 0 atom stereocenters. The van der Waals surface area contributed by atoms with E-state index < -0.39 is 16.0 Å². The molecule has 0 aliphatic carbocycles. The van der Waals surface area contributed by atoms with E-state index in [0.29, 0.717) is 24.6 Å². The zero-order chi connectivity index (χ0) is 15.7. The molecular formula is C13H19NO5S2. The lowest BCUT2D eigenvalue weighted by Crippen LogP contribution is -2.39. The number of aryl methyl sites for hydroxylation is 1. The van der Waals surface area contributed by atoms with E-state index in [1.807, 2.05) is 6.92 Å². The standard InChI is InChI=1S/C13H19NO5S2/c1-9-11(7-10(20-9)12(15)16)21(17,18)14-8-13(2)3-5-19-6-4-13/h7,14H,3-6,8H2,1-2H3,(H,15,16). The molecule has 1 aliphatic heterocycles. The summed E-state index contributed by atoms with van der Waals surface area (Å²) in [4.78, 5) is 11.5. The summed E-state index contributed by atoms with van der Waals surface area (Å²) in [5, 5.41) is 8.94. The Morgan fingerprint density at radius 1 is 1.48 bits per heavy atom. The Labute approximate surface area is 128 Å². The molecule has 0 aromatic carbocycles. The lowest BCUT2D eigenvalue weighted by Gasteiger charge is -2.33. The summed E-state index contributed by atoms with van der Waals surface area (Å²) in [6.45, 7) is 5.25. The van der Waals surface area contributed by atoms with Crippen LogP contribution in [0, 0.1) is 12.3 Å². The molecule has 8 heteroatoms. The molecule has 6 nitrogen and oxygen atoms in total. The summed E-state index contributed by atoms with van der Waals surface area (Å²) >= 11 is 0.971. The van der Waals surface area contributed by atoms with Crippen LogP contribution in [0.3, 0.4) is 0 Å². The Kier molecular flexibility index (Phi) is 4.72. The predicted molar refractivity (Wildman–Crippen MR) is 79.4 cm³/mol. The first kappa shape index (κ1) is 16.4. The number of carboxylic acid groups (broad SMARTS) is 1. The van der Waals surface area contributed by atoms with Gasteiger partial charge in [0.1, 0.15) is 4.88 Å². The molecule has 2 rings (SSSR count). The fraction of sp³-hybridized carbons (Fsp3) is 0.615. The maximum Gasteiger partial charge on any atom is 0.345 e. The monoisotopic (exact) mass is 333 g/mol. The largest absolute Gasteiger partial charge is 0.477 e. The number of nitrogens with one attached hydrogen (secondary N) is 1. The molecule has 0 unspecified atom stereocenters. The fourth-order valence-electron chi connectivity index (χ4n) is 2.23. The Hall–Kier alpha value is -0.960. The maximum atomic E-state index is 12.3. The van der Waals surface area contributed by atoms with E-state index in [1.165, 1.54) is 6.07 Å². The van der Waals surface area contributed by atoms with E-state index >= 15 is 0 Å². The predicted octanol–water partition coefficient (Wildman–Crippen LogP) is 1.85. The zero-order valence-electron chi connectivity index (χ0n) is 12.0. The molecule has 0 amide bonds. The number of sulfonamides is 1. The van der Waals surface area contributed by atoms with Gasteiger partial charge in [0.2, 0.25) is 10.0 Å². The minimum absolute atomic E-state index is 0.0325. The average molecular weight is 333 g/mol. The van der Waals surface area contributed by atoms with E-state index in [9.17, 15) is 13.2 Å². The topological polar surface area (TPSA) is 92.7 Å². The van der Waals surface area contributed by atoms with Gasteiger partial charge in [-0.2, -0.15) is 0 Å². The molecule has 0 bridgehead atoms. The van der Waals surface area contributed by atoms with Crippen molar-refractivity contribution in [3.8, 4) is 0 Å². The van der Waals surface area contributed by atoms with Crippen LogP contribution in [0.5, 0.6) is 0 Å². The third-order valence-corrected chi connectivity index (χ3v) is 6.46. The summed E-state index contributed by atoms with van der Waals surface area (Å²) in [7, 11) is -3.68. The van der Waals surface area contributed by atoms with Gasteiger partial charge in [0.25, 0.3) is 0 Å². The number of thiophene rings is 1. The molecule has 2 N–H and O–H groups in total. The third kappa shape index (κ3) is 3.82. The van der Waals surface area contributed by atoms with Gasteiger partial charge >= 0.3 is 5.97 Å². The minimum Gasteiger partial charge on any atom is -0.477 e. The second kappa shape index (κ2) is 6.04. The van der Waals surface area contributed by atoms with E-state index in [1.54, 1.807) is 6.92 Å². The highest BCUT2D eigenvalue weighted by Crippen LogP contribution is 2.30. The van der Waals surface area contributed by atoms with Crippen LogP contribution in [0.2, 0.25) is 0 Å². The number of hydrogen-bond donors (Lipinski definition) is 2. The fourth-order valence-corrected chi connectivity index (χ4v) is 4.85. The molecule has 1 aliphatic rings. The molecule has 1 saturated heterocycles. The SMILES string of the molecule is Cc1sc(C(=O)O)cc1S(=O)(=O)NCC1(C)CCOCC1. The Bertz CT molecular complexity index is 629. The lowest BCUT2D eigenvalue weighted by atomic mass is 9.83. The quantitative estimate of drug-likeness (QED) is 0.858. The number of hydrogen-bond acceptors (Lipinski definition) is 5. The summed E-state index contributed by atoms with van der Waals surface area (Å²) < 4.78 is 32.6. The van der Waals surface area contributed by atoms with Crippen molar-refractivity contribution in [3.63, 3.8) is 0 Å². The first-order chi connectivity index (χ1) is 9.73. The van der Waals surface area contributed by atoms with Gasteiger partial charge in [-0.25, -0.2) is 17.9 Å². The number of carbonyl (C=O) groups is 1. The van der Waals surface area contributed by atoms with E-state index in [2.05, 4.69) is 4.72 Å². The second-order valence-electron chi connectivity index (χ2n) is 5.58. The summed E-state index contributed by atoms with van der Waals surface area (Å²) in [5.41, 5.74) is -0.120. The van der Waals surface area contributed by atoms with Gasteiger partial charge < -0.3 is 9.84 Å². The van der Waals surface area contributed by atoms with Crippen molar-refractivity contribution in [2.45, 2.75) is 31.6 Å². The van der Waals surface area contributed by atoms with Crippen molar-refractivity contribution >= 4 is 27.3 Å². The molecule has 2 heterocycles. The van der Waals surface area contributed by atoms with Gasteiger partial charge in [-0.15, -0.1) is 11.3 Å². The molecule has 0 saturated carbocycles.